The van der Waals surface area contributed by atoms with E-state index >= 15 is 0 Å². The second-order valence-electron chi connectivity index (χ2n) is 3.34. The van der Waals surface area contributed by atoms with Gasteiger partial charge in [-0.3, -0.25) is 0 Å². The monoisotopic (exact) mass is 255 g/mol. The van der Waals surface area contributed by atoms with Crippen LogP contribution in [-0.4, -0.2) is 17.6 Å². The molecule has 16 heavy (non-hydrogen) atoms. The van der Waals surface area contributed by atoms with Crippen LogP contribution < -0.4 is 0 Å². The summed E-state index contributed by atoms with van der Waals surface area (Å²) >= 11 is 9.42. The van der Waals surface area contributed by atoms with Crippen LogP contribution in [0.1, 0.15) is 18.5 Å². The minimum Gasteiger partial charge on any atom is -0.462 e. The topological polar surface area (TPSA) is 42.1 Å². The zero-order valence-corrected chi connectivity index (χ0v) is 10.6. The molecular formula is C11H13NO2S2. The van der Waals surface area contributed by atoms with E-state index in [-0.39, 0.29) is 12.5 Å². The van der Waals surface area contributed by atoms with Crippen molar-refractivity contribution in [3.63, 3.8) is 0 Å². The molecule has 0 aliphatic heterocycles. The van der Waals surface area contributed by atoms with Crippen molar-refractivity contribution >= 4 is 30.8 Å². The first-order chi connectivity index (χ1) is 7.56. The Morgan fingerprint density at radius 2 is 2.50 bits per heavy atom. The van der Waals surface area contributed by atoms with Crippen LogP contribution in [0.15, 0.2) is 29.8 Å². The molecule has 1 heterocycles. The van der Waals surface area contributed by atoms with Gasteiger partial charge < -0.3 is 9.72 Å². The largest absolute Gasteiger partial charge is 0.462 e. The number of hydrogen-bond donors (Lipinski definition) is 2. The van der Waals surface area contributed by atoms with Crippen LogP contribution in [0.25, 0.3) is 0 Å². The SMILES string of the molecule is C=CC(=O)OCC(C)c1[nH]ccc(=S)c1S. The Bertz CT molecular complexity index is 454. The van der Waals surface area contributed by atoms with E-state index in [1.807, 2.05) is 6.92 Å². The lowest BCUT2D eigenvalue weighted by molar-refractivity contribution is -0.138. The maximum Gasteiger partial charge on any atom is 0.330 e. The minimum absolute atomic E-state index is 0.0132. The molecule has 0 radical (unpaired) electrons. The quantitative estimate of drug-likeness (QED) is 0.376. The molecule has 0 amide bonds. The van der Waals surface area contributed by atoms with Crippen LogP contribution in [0.2, 0.25) is 0 Å². The lowest BCUT2D eigenvalue weighted by Gasteiger charge is -2.13. The first-order valence-electron chi connectivity index (χ1n) is 4.76. The number of rotatable bonds is 4. The summed E-state index contributed by atoms with van der Waals surface area (Å²) in [6.07, 6.45) is 2.89. The van der Waals surface area contributed by atoms with E-state index in [0.717, 1.165) is 16.7 Å². The van der Waals surface area contributed by atoms with Gasteiger partial charge in [0.05, 0.1) is 11.1 Å². The molecule has 0 saturated carbocycles. The van der Waals surface area contributed by atoms with Crippen LogP contribution >= 0.6 is 24.8 Å². The highest BCUT2D eigenvalue weighted by atomic mass is 32.1. The number of hydrogen-bond acceptors (Lipinski definition) is 4. The normalized spacial score (nSPS) is 11.9. The predicted molar refractivity (Wildman–Crippen MR) is 68.4 cm³/mol. The number of esters is 1. The summed E-state index contributed by atoms with van der Waals surface area (Å²) in [5.41, 5.74) is 0.868. The van der Waals surface area contributed by atoms with Gasteiger partial charge in [0.1, 0.15) is 0 Å². The Morgan fingerprint density at radius 1 is 1.81 bits per heavy atom. The van der Waals surface area contributed by atoms with Crippen LogP contribution in [0.5, 0.6) is 0 Å². The second kappa shape index (κ2) is 5.86. The van der Waals surface area contributed by atoms with E-state index in [9.17, 15) is 4.79 Å². The zero-order chi connectivity index (χ0) is 12.1. The van der Waals surface area contributed by atoms with Crippen LogP contribution in [0.4, 0.5) is 0 Å². The molecule has 0 aliphatic carbocycles. The van der Waals surface area contributed by atoms with Gasteiger partial charge in [-0.05, 0) is 6.07 Å². The molecule has 0 spiro atoms. The fourth-order valence-electron chi connectivity index (χ4n) is 1.21. The van der Waals surface area contributed by atoms with Crippen molar-refractivity contribution in [2.45, 2.75) is 17.7 Å². The summed E-state index contributed by atoms with van der Waals surface area (Å²) in [6.45, 7) is 5.53. The van der Waals surface area contributed by atoms with Crippen molar-refractivity contribution in [3.05, 3.63) is 35.1 Å². The third-order valence-electron chi connectivity index (χ3n) is 2.10. The van der Waals surface area contributed by atoms with Crippen LogP contribution in [0, 0.1) is 4.51 Å². The van der Waals surface area contributed by atoms with E-state index in [2.05, 4.69) is 24.2 Å². The molecule has 1 aromatic rings. The number of thiol groups is 1. The van der Waals surface area contributed by atoms with Crippen molar-refractivity contribution < 1.29 is 9.53 Å². The Labute approximate surface area is 105 Å². The van der Waals surface area contributed by atoms with Gasteiger partial charge in [0.15, 0.2) is 0 Å². The van der Waals surface area contributed by atoms with Gasteiger partial charge in [-0.2, -0.15) is 0 Å². The molecule has 86 valence electrons. The molecule has 0 aliphatic rings. The third-order valence-corrected chi connectivity index (χ3v) is 3.07. The number of aromatic amines is 1. The molecule has 0 saturated heterocycles. The van der Waals surface area contributed by atoms with Crippen molar-refractivity contribution in [1.29, 1.82) is 0 Å². The van der Waals surface area contributed by atoms with E-state index in [0.29, 0.717) is 4.51 Å². The fourth-order valence-corrected chi connectivity index (χ4v) is 1.75. The number of pyridine rings is 1. The van der Waals surface area contributed by atoms with Crippen molar-refractivity contribution in [2.24, 2.45) is 0 Å². The number of carbonyl (C=O) groups excluding carboxylic acids is 1. The van der Waals surface area contributed by atoms with Gasteiger partial charge in [0, 0.05) is 28.8 Å². The summed E-state index contributed by atoms with van der Waals surface area (Å²) in [5, 5.41) is 0. The van der Waals surface area contributed by atoms with E-state index in [1.54, 1.807) is 12.3 Å². The number of nitrogens with one attached hydrogen (secondary N) is 1. The van der Waals surface area contributed by atoms with E-state index in [1.165, 1.54) is 0 Å². The molecule has 5 heteroatoms. The summed E-state index contributed by atoms with van der Waals surface area (Å²) in [7, 11) is 0. The molecule has 0 aromatic carbocycles. The summed E-state index contributed by atoms with van der Waals surface area (Å²) in [6, 6.07) is 1.77. The van der Waals surface area contributed by atoms with Gasteiger partial charge in [0.25, 0.3) is 0 Å². The Morgan fingerprint density at radius 3 is 3.12 bits per heavy atom. The van der Waals surface area contributed by atoms with Crippen LogP contribution in [0.3, 0.4) is 0 Å². The standard InChI is InChI=1S/C11H13NO2S2/c1-3-9(13)14-6-7(2)10-11(16)8(15)4-5-12-10/h3-5,7,16H,1,6H2,2H3,(H,12,15). The molecule has 3 nitrogen and oxygen atoms in total. The minimum atomic E-state index is -0.429. The van der Waals surface area contributed by atoms with Crippen LogP contribution in [-0.2, 0) is 9.53 Å². The number of aromatic nitrogens is 1. The molecule has 1 atom stereocenters. The first-order valence-corrected chi connectivity index (χ1v) is 5.61. The van der Waals surface area contributed by atoms with E-state index < -0.39 is 5.97 Å². The average Bonchev–Trinajstić information content (AvgIpc) is 2.29. The molecular weight excluding hydrogens is 242 g/mol. The highest BCUT2D eigenvalue weighted by Crippen LogP contribution is 2.21. The number of carbonyl (C=O) groups is 1. The Kier molecular flexibility index (Phi) is 4.76. The molecule has 0 fully saturated rings. The van der Waals surface area contributed by atoms with Gasteiger partial charge >= 0.3 is 5.97 Å². The zero-order valence-electron chi connectivity index (χ0n) is 8.90. The molecule has 1 aromatic heterocycles. The lowest BCUT2D eigenvalue weighted by atomic mass is 10.1. The van der Waals surface area contributed by atoms with Crippen molar-refractivity contribution in [1.82, 2.24) is 4.98 Å². The molecule has 0 bridgehead atoms. The average molecular weight is 255 g/mol. The summed E-state index contributed by atoms with van der Waals surface area (Å²) in [4.78, 5) is 14.7. The van der Waals surface area contributed by atoms with Crippen molar-refractivity contribution in [3.8, 4) is 0 Å². The van der Waals surface area contributed by atoms with Gasteiger partial charge in [-0.15, -0.1) is 12.6 Å². The number of ether oxygens (including phenoxy) is 1. The molecule has 1 N–H and O–H groups in total. The Hall–Kier alpha value is -1.07. The van der Waals surface area contributed by atoms with Gasteiger partial charge in [0.2, 0.25) is 0 Å². The van der Waals surface area contributed by atoms with Gasteiger partial charge in [-0.1, -0.05) is 25.7 Å². The number of H-pyrrole nitrogens is 1. The summed E-state index contributed by atoms with van der Waals surface area (Å²) < 4.78 is 5.64. The second-order valence-corrected chi connectivity index (χ2v) is 4.23. The fraction of sp³-hybridized carbons (Fsp3) is 0.273. The smallest absolute Gasteiger partial charge is 0.330 e. The first kappa shape index (κ1) is 13.0. The maximum atomic E-state index is 10.9. The van der Waals surface area contributed by atoms with Gasteiger partial charge in [-0.25, -0.2) is 4.79 Å². The summed E-state index contributed by atoms with van der Waals surface area (Å²) in [5.74, 6) is -0.415. The van der Waals surface area contributed by atoms with E-state index in [4.69, 9.17) is 17.0 Å². The predicted octanol–water partition coefficient (Wildman–Crippen LogP) is 2.87. The third kappa shape index (κ3) is 3.21. The molecule has 1 unspecified atom stereocenters. The highest BCUT2D eigenvalue weighted by molar-refractivity contribution is 7.81. The maximum absolute atomic E-state index is 10.9. The highest BCUT2D eigenvalue weighted by Gasteiger charge is 2.11. The van der Waals surface area contributed by atoms with Crippen molar-refractivity contribution in [2.75, 3.05) is 6.61 Å². The lowest BCUT2D eigenvalue weighted by Crippen LogP contribution is -2.10. The Balaban J connectivity index is 2.77. The molecule has 1 rings (SSSR count).